The van der Waals surface area contributed by atoms with Crippen LogP contribution in [0.1, 0.15) is 25.6 Å². The van der Waals surface area contributed by atoms with E-state index in [4.69, 9.17) is 4.74 Å². The van der Waals surface area contributed by atoms with E-state index in [-0.39, 0.29) is 12.2 Å². The third-order valence-corrected chi connectivity index (χ3v) is 4.49. The zero-order valence-corrected chi connectivity index (χ0v) is 13.4. The van der Waals surface area contributed by atoms with Crippen molar-refractivity contribution in [2.75, 3.05) is 0 Å². The molecule has 0 aliphatic carbocycles. The van der Waals surface area contributed by atoms with E-state index in [1.54, 1.807) is 18.2 Å². The smallest absolute Gasteiger partial charge is 0.341 e. The predicted molar refractivity (Wildman–Crippen MR) is 90.7 cm³/mol. The van der Waals surface area contributed by atoms with Crippen LogP contribution in [0.3, 0.4) is 0 Å². The first kappa shape index (κ1) is 16.1. The highest BCUT2D eigenvalue weighted by molar-refractivity contribution is 7.17. The van der Waals surface area contributed by atoms with Gasteiger partial charge >= 0.3 is 5.97 Å². The minimum atomic E-state index is -0.717. The summed E-state index contributed by atoms with van der Waals surface area (Å²) < 4.78 is 19.2. The molecule has 1 aromatic heterocycles. The lowest BCUT2D eigenvalue weighted by Gasteiger charge is -2.07. The van der Waals surface area contributed by atoms with Gasteiger partial charge in [-0.3, -0.25) is 4.79 Å². The molecule has 0 unspecified atom stereocenters. The molecule has 1 heterocycles. The molecule has 2 aromatic carbocycles. The van der Waals surface area contributed by atoms with Gasteiger partial charge in [0.05, 0.1) is 10.4 Å². The average molecular weight is 340 g/mol. The number of aldehydes is 1. The first-order valence-electron chi connectivity index (χ1n) is 7.23. The van der Waals surface area contributed by atoms with E-state index in [0.717, 1.165) is 16.7 Å². The second-order valence-electron chi connectivity index (χ2n) is 5.08. The molecule has 0 bridgehead atoms. The zero-order chi connectivity index (χ0) is 16.9. The standard InChI is InChI=1S/C19H13FO3S/c20-17-8-6-14(18-9-7-15(11-21)24-18)10-16(17)19(22)23-12-13-4-2-1-3-5-13/h1-11H,12H2. The first-order valence-corrected chi connectivity index (χ1v) is 8.05. The number of carbonyl (C=O) groups is 2. The molecule has 3 aromatic rings. The van der Waals surface area contributed by atoms with Crippen molar-refractivity contribution in [1.82, 2.24) is 0 Å². The van der Waals surface area contributed by atoms with Crippen LogP contribution in [0, 0.1) is 5.82 Å². The van der Waals surface area contributed by atoms with Gasteiger partial charge in [-0.05, 0) is 35.4 Å². The van der Waals surface area contributed by atoms with E-state index in [9.17, 15) is 14.0 Å². The lowest BCUT2D eigenvalue weighted by atomic mass is 10.1. The first-order chi connectivity index (χ1) is 11.7. The van der Waals surface area contributed by atoms with E-state index in [1.807, 2.05) is 30.3 Å². The van der Waals surface area contributed by atoms with Crippen molar-refractivity contribution in [3.8, 4) is 10.4 Å². The summed E-state index contributed by atoms with van der Waals surface area (Å²) in [5.41, 5.74) is 1.38. The maximum Gasteiger partial charge on any atom is 0.341 e. The van der Waals surface area contributed by atoms with Crippen LogP contribution in [-0.2, 0) is 11.3 Å². The highest BCUT2D eigenvalue weighted by Crippen LogP contribution is 2.29. The van der Waals surface area contributed by atoms with Gasteiger partial charge in [0.1, 0.15) is 12.4 Å². The van der Waals surface area contributed by atoms with Gasteiger partial charge in [-0.1, -0.05) is 36.4 Å². The normalized spacial score (nSPS) is 10.4. The van der Waals surface area contributed by atoms with E-state index >= 15 is 0 Å². The van der Waals surface area contributed by atoms with E-state index in [2.05, 4.69) is 0 Å². The molecule has 0 amide bonds. The Bertz CT molecular complexity index is 871. The molecule has 24 heavy (non-hydrogen) atoms. The Morgan fingerprint density at radius 3 is 2.58 bits per heavy atom. The number of benzene rings is 2. The van der Waals surface area contributed by atoms with Crippen molar-refractivity contribution in [3.05, 3.63) is 82.5 Å². The number of hydrogen-bond acceptors (Lipinski definition) is 4. The number of hydrogen-bond donors (Lipinski definition) is 0. The van der Waals surface area contributed by atoms with Crippen LogP contribution < -0.4 is 0 Å². The highest BCUT2D eigenvalue weighted by Gasteiger charge is 2.15. The Morgan fingerprint density at radius 1 is 1.08 bits per heavy atom. The predicted octanol–water partition coefficient (Wildman–Crippen LogP) is 4.72. The molecule has 0 saturated carbocycles. The van der Waals surface area contributed by atoms with Crippen molar-refractivity contribution < 1.29 is 18.7 Å². The summed E-state index contributed by atoms with van der Waals surface area (Å²) in [6.45, 7) is 0.0810. The summed E-state index contributed by atoms with van der Waals surface area (Å²) >= 11 is 1.28. The molecule has 120 valence electrons. The third kappa shape index (κ3) is 3.58. The fraction of sp³-hybridized carbons (Fsp3) is 0.0526. The summed E-state index contributed by atoms with van der Waals surface area (Å²) in [6.07, 6.45) is 0.757. The number of halogens is 1. The molecule has 0 fully saturated rings. The second-order valence-corrected chi connectivity index (χ2v) is 6.19. The molecule has 0 N–H and O–H groups in total. The summed E-state index contributed by atoms with van der Waals surface area (Å²) in [5.74, 6) is -1.35. The minimum absolute atomic E-state index is 0.0810. The van der Waals surface area contributed by atoms with Gasteiger partial charge in [0.15, 0.2) is 6.29 Å². The van der Waals surface area contributed by atoms with Gasteiger partial charge in [0.2, 0.25) is 0 Å². The van der Waals surface area contributed by atoms with Crippen molar-refractivity contribution in [2.45, 2.75) is 6.61 Å². The van der Waals surface area contributed by atoms with Crippen molar-refractivity contribution in [3.63, 3.8) is 0 Å². The fourth-order valence-corrected chi connectivity index (χ4v) is 3.03. The van der Waals surface area contributed by atoms with Gasteiger partial charge in [-0.25, -0.2) is 9.18 Å². The number of rotatable bonds is 5. The maximum absolute atomic E-state index is 14.0. The molecule has 3 nitrogen and oxygen atoms in total. The van der Waals surface area contributed by atoms with Gasteiger partial charge in [0.25, 0.3) is 0 Å². The Morgan fingerprint density at radius 2 is 1.88 bits per heavy atom. The summed E-state index contributed by atoms with van der Waals surface area (Å²) in [5, 5.41) is 0. The maximum atomic E-state index is 14.0. The Labute approximate surface area is 142 Å². The summed E-state index contributed by atoms with van der Waals surface area (Å²) in [7, 11) is 0. The van der Waals surface area contributed by atoms with Gasteiger partial charge in [0, 0.05) is 4.88 Å². The number of ether oxygens (including phenoxy) is 1. The molecule has 3 rings (SSSR count). The van der Waals surface area contributed by atoms with Crippen molar-refractivity contribution >= 4 is 23.6 Å². The minimum Gasteiger partial charge on any atom is -0.457 e. The molecule has 0 atom stereocenters. The lowest BCUT2D eigenvalue weighted by molar-refractivity contribution is 0.0467. The number of esters is 1. The molecule has 5 heteroatoms. The Balaban J connectivity index is 1.80. The topological polar surface area (TPSA) is 43.4 Å². The third-order valence-electron chi connectivity index (χ3n) is 3.43. The highest BCUT2D eigenvalue weighted by atomic mass is 32.1. The van der Waals surface area contributed by atoms with Gasteiger partial charge < -0.3 is 4.74 Å². The average Bonchev–Trinajstić information content (AvgIpc) is 3.10. The molecular formula is C19H13FO3S. The van der Waals surface area contributed by atoms with Crippen LogP contribution in [-0.4, -0.2) is 12.3 Å². The van der Waals surface area contributed by atoms with Crippen LogP contribution in [0.5, 0.6) is 0 Å². The van der Waals surface area contributed by atoms with Gasteiger partial charge in [-0.15, -0.1) is 11.3 Å². The molecule has 0 spiro atoms. The van der Waals surface area contributed by atoms with E-state index in [1.165, 1.54) is 23.5 Å². The van der Waals surface area contributed by atoms with Crippen LogP contribution in [0.2, 0.25) is 0 Å². The largest absolute Gasteiger partial charge is 0.457 e. The molecule has 0 aliphatic heterocycles. The van der Waals surface area contributed by atoms with E-state index < -0.39 is 11.8 Å². The molecular weight excluding hydrogens is 327 g/mol. The van der Waals surface area contributed by atoms with Crippen molar-refractivity contribution in [2.24, 2.45) is 0 Å². The lowest BCUT2D eigenvalue weighted by Crippen LogP contribution is -2.07. The Kier molecular flexibility index (Phi) is 4.82. The quantitative estimate of drug-likeness (QED) is 0.498. The monoisotopic (exact) mass is 340 g/mol. The van der Waals surface area contributed by atoms with Crippen LogP contribution in [0.25, 0.3) is 10.4 Å². The van der Waals surface area contributed by atoms with E-state index in [0.29, 0.717) is 10.4 Å². The summed E-state index contributed by atoms with van der Waals surface area (Å²) in [6, 6.07) is 16.9. The molecule has 0 saturated heterocycles. The van der Waals surface area contributed by atoms with Crippen LogP contribution in [0.15, 0.2) is 60.7 Å². The zero-order valence-electron chi connectivity index (χ0n) is 12.6. The summed E-state index contributed by atoms with van der Waals surface area (Å²) in [4.78, 5) is 24.3. The Hall–Kier alpha value is -2.79. The second kappa shape index (κ2) is 7.19. The van der Waals surface area contributed by atoms with Gasteiger partial charge in [-0.2, -0.15) is 0 Å². The SMILES string of the molecule is O=Cc1ccc(-c2ccc(F)c(C(=O)OCc3ccccc3)c2)s1. The number of carbonyl (C=O) groups excluding carboxylic acids is 2. The molecule has 0 radical (unpaired) electrons. The van der Waals surface area contributed by atoms with Crippen LogP contribution in [0.4, 0.5) is 4.39 Å². The molecule has 0 aliphatic rings. The fourth-order valence-electron chi connectivity index (χ4n) is 2.21. The number of thiophene rings is 1. The van der Waals surface area contributed by atoms with Crippen LogP contribution >= 0.6 is 11.3 Å². The van der Waals surface area contributed by atoms with Crippen molar-refractivity contribution in [1.29, 1.82) is 0 Å².